The Morgan fingerprint density at radius 3 is 2.60 bits per heavy atom. The summed E-state index contributed by atoms with van der Waals surface area (Å²) in [6.07, 6.45) is 1.93. The first kappa shape index (κ1) is 17.6. The number of aromatic nitrogens is 2. The molecule has 0 unspecified atom stereocenters. The van der Waals surface area contributed by atoms with Gasteiger partial charge in [0.25, 0.3) is 0 Å². The zero-order valence-electron chi connectivity index (χ0n) is 15.5. The molecule has 25 heavy (non-hydrogen) atoms. The first-order valence-electron chi connectivity index (χ1n) is 9.15. The average Bonchev–Trinajstić information content (AvgIpc) is 3.18. The van der Waals surface area contributed by atoms with Crippen molar-refractivity contribution in [2.24, 2.45) is 0 Å². The zero-order chi connectivity index (χ0) is 18.0. The maximum absolute atomic E-state index is 12.8. The van der Waals surface area contributed by atoms with Gasteiger partial charge in [-0.25, -0.2) is 0 Å². The van der Waals surface area contributed by atoms with Crippen LogP contribution in [0, 0.1) is 0 Å². The van der Waals surface area contributed by atoms with Crippen molar-refractivity contribution < 1.29 is 9.21 Å². The molecule has 0 bridgehead atoms. The normalized spacial score (nSPS) is 23.4. The van der Waals surface area contributed by atoms with Crippen LogP contribution in [0.3, 0.4) is 0 Å². The maximum Gasteiger partial charge on any atom is 0.223 e. The minimum Gasteiger partial charge on any atom is -0.425 e. The van der Waals surface area contributed by atoms with E-state index in [1.165, 1.54) is 5.56 Å². The second-order valence-corrected chi connectivity index (χ2v) is 7.33. The van der Waals surface area contributed by atoms with Gasteiger partial charge in [0.15, 0.2) is 0 Å². The summed E-state index contributed by atoms with van der Waals surface area (Å²) in [5.74, 6) is 1.96. The van der Waals surface area contributed by atoms with Gasteiger partial charge in [0, 0.05) is 36.8 Å². The number of hydrogen-bond acceptors (Lipinski definition) is 4. The molecule has 1 aliphatic rings. The van der Waals surface area contributed by atoms with Crippen LogP contribution >= 0.6 is 0 Å². The van der Waals surface area contributed by atoms with Gasteiger partial charge in [-0.05, 0) is 25.8 Å². The Labute approximate surface area is 149 Å². The Morgan fingerprint density at radius 2 is 1.96 bits per heavy atom. The van der Waals surface area contributed by atoms with Crippen LogP contribution in [-0.2, 0) is 11.2 Å². The summed E-state index contributed by atoms with van der Waals surface area (Å²) >= 11 is 0. The standard InChI is InChI=1S/C20H27N3O2/c1-13(2)20-22-21-18(25-20)10-11-19(24)23-14(3)12-17(15(23)4)16-8-6-5-7-9-16/h5-9,13-15,17H,10-12H2,1-4H3/t14-,15-,17-/m1/s1. The van der Waals surface area contributed by atoms with Gasteiger partial charge < -0.3 is 9.32 Å². The van der Waals surface area contributed by atoms with Gasteiger partial charge in [0.2, 0.25) is 17.7 Å². The molecular weight excluding hydrogens is 314 g/mol. The molecular formula is C20H27N3O2. The summed E-state index contributed by atoms with van der Waals surface area (Å²) in [5.41, 5.74) is 1.32. The molecule has 5 nitrogen and oxygen atoms in total. The highest BCUT2D eigenvalue weighted by molar-refractivity contribution is 5.77. The molecule has 3 rings (SSSR count). The second-order valence-electron chi connectivity index (χ2n) is 7.33. The lowest BCUT2D eigenvalue weighted by atomic mass is 9.92. The Hall–Kier alpha value is -2.17. The molecule has 1 fully saturated rings. The van der Waals surface area contributed by atoms with Gasteiger partial charge in [-0.15, -0.1) is 10.2 Å². The third kappa shape index (κ3) is 3.75. The smallest absolute Gasteiger partial charge is 0.223 e. The van der Waals surface area contributed by atoms with E-state index < -0.39 is 0 Å². The van der Waals surface area contributed by atoms with E-state index in [1.807, 2.05) is 24.8 Å². The summed E-state index contributed by atoms with van der Waals surface area (Å²) in [6, 6.07) is 10.9. The monoisotopic (exact) mass is 341 g/mol. The molecule has 1 aromatic heterocycles. The third-order valence-corrected chi connectivity index (χ3v) is 5.14. The Balaban J connectivity index is 1.63. The maximum atomic E-state index is 12.8. The van der Waals surface area contributed by atoms with Crippen molar-refractivity contribution in [3.05, 3.63) is 47.7 Å². The number of hydrogen-bond donors (Lipinski definition) is 0. The van der Waals surface area contributed by atoms with Gasteiger partial charge in [-0.1, -0.05) is 44.2 Å². The zero-order valence-corrected chi connectivity index (χ0v) is 15.5. The van der Waals surface area contributed by atoms with Crippen molar-refractivity contribution in [3.8, 4) is 0 Å². The summed E-state index contributed by atoms with van der Waals surface area (Å²) in [7, 11) is 0. The number of carbonyl (C=O) groups is 1. The van der Waals surface area contributed by atoms with Crippen molar-refractivity contribution in [2.75, 3.05) is 0 Å². The van der Waals surface area contributed by atoms with Crippen molar-refractivity contribution in [1.82, 2.24) is 15.1 Å². The van der Waals surface area contributed by atoms with Crippen LogP contribution < -0.4 is 0 Å². The Bertz CT molecular complexity index is 711. The minimum atomic E-state index is 0.169. The number of nitrogens with zero attached hydrogens (tertiary/aromatic N) is 3. The summed E-state index contributed by atoms with van der Waals surface area (Å²) in [6.45, 7) is 8.32. The molecule has 1 saturated heterocycles. The van der Waals surface area contributed by atoms with Crippen molar-refractivity contribution in [2.45, 2.75) is 70.9 Å². The molecule has 5 heteroatoms. The molecule has 0 saturated carbocycles. The van der Waals surface area contributed by atoms with Gasteiger partial charge in [0.05, 0.1) is 0 Å². The molecule has 0 radical (unpaired) electrons. The van der Waals surface area contributed by atoms with Gasteiger partial charge in [-0.3, -0.25) is 4.79 Å². The first-order valence-corrected chi connectivity index (χ1v) is 9.15. The highest BCUT2D eigenvalue weighted by Crippen LogP contribution is 2.37. The van der Waals surface area contributed by atoms with E-state index in [1.54, 1.807) is 0 Å². The second kappa shape index (κ2) is 7.38. The SMILES string of the molecule is CC(C)c1nnc(CCC(=O)N2[C@H](C)C[C@@H](c3ccccc3)[C@H]2C)o1. The Kier molecular flexibility index (Phi) is 5.21. The predicted octanol–water partition coefficient (Wildman–Crippen LogP) is 3.92. The van der Waals surface area contributed by atoms with E-state index in [0.717, 1.165) is 6.42 Å². The fourth-order valence-corrected chi connectivity index (χ4v) is 3.80. The highest BCUT2D eigenvalue weighted by Gasteiger charge is 2.39. The van der Waals surface area contributed by atoms with Crippen molar-refractivity contribution >= 4 is 5.91 Å². The lowest BCUT2D eigenvalue weighted by Crippen LogP contribution is -2.39. The van der Waals surface area contributed by atoms with E-state index in [9.17, 15) is 4.79 Å². The summed E-state index contributed by atoms with van der Waals surface area (Å²) in [4.78, 5) is 14.8. The summed E-state index contributed by atoms with van der Waals surface area (Å²) < 4.78 is 5.61. The topological polar surface area (TPSA) is 59.2 Å². The number of aryl methyl sites for hydroxylation is 1. The summed E-state index contributed by atoms with van der Waals surface area (Å²) in [5, 5.41) is 8.08. The van der Waals surface area contributed by atoms with Crippen molar-refractivity contribution in [1.29, 1.82) is 0 Å². The molecule has 3 atom stereocenters. The van der Waals surface area contributed by atoms with E-state index in [4.69, 9.17) is 4.42 Å². The quantitative estimate of drug-likeness (QED) is 0.827. The molecule has 1 aromatic carbocycles. The molecule has 1 amide bonds. The molecule has 134 valence electrons. The van der Waals surface area contributed by atoms with E-state index in [-0.39, 0.29) is 23.9 Å². The fraction of sp³-hybridized carbons (Fsp3) is 0.550. The number of likely N-dealkylation sites (tertiary alicyclic amines) is 1. The van der Waals surface area contributed by atoms with E-state index >= 15 is 0 Å². The van der Waals surface area contributed by atoms with E-state index in [2.05, 4.69) is 48.3 Å². The fourth-order valence-electron chi connectivity index (χ4n) is 3.80. The van der Waals surface area contributed by atoms with Gasteiger partial charge >= 0.3 is 0 Å². The lowest BCUT2D eigenvalue weighted by Gasteiger charge is -2.28. The third-order valence-electron chi connectivity index (χ3n) is 5.14. The number of benzene rings is 1. The molecule has 2 aromatic rings. The van der Waals surface area contributed by atoms with Crippen LogP contribution in [0.1, 0.15) is 69.7 Å². The molecule has 1 aliphatic heterocycles. The van der Waals surface area contributed by atoms with Crippen LogP contribution in [-0.4, -0.2) is 33.1 Å². The number of amides is 1. The largest absolute Gasteiger partial charge is 0.425 e. The van der Waals surface area contributed by atoms with Crippen LogP contribution in [0.2, 0.25) is 0 Å². The molecule has 0 N–H and O–H groups in total. The predicted molar refractivity (Wildman–Crippen MR) is 96.3 cm³/mol. The average molecular weight is 341 g/mol. The van der Waals surface area contributed by atoms with Crippen LogP contribution in [0.25, 0.3) is 0 Å². The van der Waals surface area contributed by atoms with Crippen molar-refractivity contribution in [3.63, 3.8) is 0 Å². The first-order chi connectivity index (χ1) is 12.0. The highest BCUT2D eigenvalue weighted by atomic mass is 16.4. The Morgan fingerprint density at radius 1 is 1.24 bits per heavy atom. The minimum absolute atomic E-state index is 0.169. The van der Waals surface area contributed by atoms with Gasteiger partial charge in [-0.2, -0.15) is 0 Å². The molecule has 0 spiro atoms. The van der Waals surface area contributed by atoms with E-state index in [0.29, 0.717) is 30.5 Å². The molecule has 0 aliphatic carbocycles. The lowest BCUT2D eigenvalue weighted by molar-refractivity contribution is -0.133. The van der Waals surface area contributed by atoms with Crippen LogP contribution in [0.5, 0.6) is 0 Å². The van der Waals surface area contributed by atoms with Crippen LogP contribution in [0.4, 0.5) is 0 Å². The van der Waals surface area contributed by atoms with Gasteiger partial charge in [0.1, 0.15) is 0 Å². The van der Waals surface area contributed by atoms with Crippen LogP contribution in [0.15, 0.2) is 34.7 Å². The number of rotatable bonds is 5. The molecule has 2 heterocycles. The number of carbonyl (C=O) groups excluding carboxylic acids is 1.